The summed E-state index contributed by atoms with van der Waals surface area (Å²) < 4.78 is 0.474. The van der Waals surface area contributed by atoms with Gasteiger partial charge in [0.05, 0.1) is 20.8 Å². The second kappa shape index (κ2) is 7.30. The van der Waals surface area contributed by atoms with Gasteiger partial charge in [0.15, 0.2) is 0 Å². The second-order valence-electron chi connectivity index (χ2n) is 5.41. The number of hydrogen-bond acceptors (Lipinski definition) is 6. The molecule has 0 aliphatic carbocycles. The van der Waals surface area contributed by atoms with Crippen molar-refractivity contribution in [3.05, 3.63) is 73.1 Å². The van der Waals surface area contributed by atoms with Gasteiger partial charge in [-0.25, -0.2) is 0 Å². The zero-order valence-electron chi connectivity index (χ0n) is 13.1. The van der Waals surface area contributed by atoms with Crippen LogP contribution in [0.5, 0.6) is 5.75 Å². The molecule has 1 N–H and O–H groups in total. The van der Waals surface area contributed by atoms with Crippen LogP contribution in [0.1, 0.15) is 11.1 Å². The number of amides is 2. The molecule has 1 saturated heterocycles. The average molecular weight is 435 g/mol. The lowest BCUT2D eigenvalue weighted by Gasteiger charge is -2.12. The Hall–Kier alpha value is -2.65. The Kier molecular flexibility index (Phi) is 5.10. The molecule has 26 heavy (non-hydrogen) atoms. The Bertz CT molecular complexity index is 960. The van der Waals surface area contributed by atoms with E-state index in [0.717, 1.165) is 16.7 Å². The van der Waals surface area contributed by atoms with Gasteiger partial charge in [-0.2, -0.15) is 0 Å². The van der Waals surface area contributed by atoms with Crippen molar-refractivity contribution in [2.75, 3.05) is 0 Å². The fraction of sp³-hybridized carbons (Fsp3) is 0.0588. The molecule has 2 aromatic rings. The maximum Gasteiger partial charge on any atom is 0.293 e. The van der Waals surface area contributed by atoms with E-state index >= 15 is 0 Å². The van der Waals surface area contributed by atoms with E-state index in [4.69, 9.17) is 0 Å². The maximum absolute atomic E-state index is 12.5. The van der Waals surface area contributed by atoms with Crippen molar-refractivity contribution in [2.24, 2.45) is 0 Å². The minimum absolute atomic E-state index is 0.0387. The zero-order chi connectivity index (χ0) is 18.8. The Morgan fingerprint density at radius 2 is 2.00 bits per heavy atom. The Balaban J connectivity index is 1.82. The number of nitro benzene ring substituents is 1. The number of non-ortho nitro benzene ring substituents is 1. The lowest BCUT2D eigenvalue weighted by molar-refractivity contribution is -0.384. The van der Waals surface area contributed by atoms with Crippen molar-refractivity contribution in [3.8, 4) is 5.75 Å². The first-order valence-electron chi connectivity index (χ1n) is 7.32. The van der Waals surface area contributed by atoms with E-state index in [1.807, 2.05) is 0 Å². The van der Waals surface area contributed by atoms with E-state index in [9.17, 15) is 24.8 Å². The van der Waals surface area contributed by atoms with Gasteiger partial charge in [-0.15, -0.1) is 0 Å². The summed E-state index contributed by atoms with van der Waals surface area (Å²) in [7, 11) is 0. The molecule has 1 aliphatic rings. The molecule has 7 nitrogen and oxygen atoms in total. The van der Waals surface area contributed by atoms with E-state index in [1.165, 1.54) is 24.3 Å². The molecule has 0 atom stereocenters. The lowest BCUT2D eigenvalue weighted by Crippen LogP contribution is -2.27. The summed E-state index contributed by atoms with van der Waals surface area (Å²) in [5.74, 6) is -0.392. The number of carbonyl (C=O) groups is 2. The Morgan fingerprint density at radius 3 is 2.69 bits per heavy atom. The number of hydrogen-bond donors (Lipinski definition) is 1. The molecular formula is C17H11BrN2O5S. The minimum atomic E-state index is -0.528. The molecule has 1 heterocycles. The first-order chi connectivity index (χ1) is 12.3. The van der Waals surface area contributed by atoms with Crippen molar-refractivity contribution in [3.63, 3.8) is 0 Å². The van der Waals surface area contributed by atoms with Crippen LogP contribution in [0, 0.1) is 10.1 Å². The van der Waals surface area contributed by atoms with Gasteiger partial charge in [0, 0.05) is 12.1 Å². The Labute approximate surface area is 160 Å². The minimum Gasteiger partial charge on any atom is -0.507 e. The number of imide groups is 1. The number of benzene rings is 2. The van der Waals surface area contributed by atoms with Crippen LogP contribution in [0.25, 0.3) is 6.08 Å². The van der Waals surface area contributed by atoms with Crippen LogP contribution in [-0.2, 0) is 11.3 Å². The van der Waals surface area contributed by atoms with Crippen LogP contribution >= 0.6 is 27.7 Å². The number of aromatic hydroxyl groups is 1. The van der Waals surface area contributed by atoms with Crippen LogP contribution in [0.3, 0.4) is 0 Å². The molecule has 2 aromatic carbocycles. The molecule has 9 heteroatoms. The predicted octanol–water partition coefficient (Wildman–Crippen LogP) is 4.30. The average Bonchev–Trinajstić information content (AvgIpc) is 2.86. The standard InChI is InChI=1S/C17H11BrN2O5S/c18-13-7-10(4-5-14(13)21)8-15-16(22)19(17(23)26-15)9-11-2-1-3-12(6-11)20(24)25/h1-8,21H,9H2. The first kappa shape index (κ1) is 18.2. The lowest BCUT2D eigenvalue weighted by atomic mass is 10.2. The normalized spacial score (nSPS) is 15.7. The van der Waals surface area contributed by atoms with E-state index in [-0.39, 0.29) is 22.9 Å². The van der Waals surface area contributed by atoms with Crippen molar-refractivity contribution in [1.29, 1.82) is 0 Å². The highest BCUT2D eigenvalue weighted by atomic mass is 79.9. The number of phenols is 1. The third-order valence-electron chi connectivity index (χ3n) is 3.61. The quantitative estimate of drug-likeness (QED) is 0.437. The van der Waals surface area contributed by atoms with Gasteiger partial charge in [0.2, 0.25) is 0 Å². The van der Waals surface area contributed by atoms with Crippen molar-refractivity contribution in [2.45, 2.75) is 6.54 Å². The smallest absolute Gasteiger partial charge is 0.293 e. The highest BCUT2D eigenvalue weighted by Gasteiger charge is 2.35. The molecule has 1 fully saturated rings. The molecule has 0 aromatic heterocycles. The summed E-state index contributed by atoms with van der Waals surface area (Å²) >= 11 is 4.00. The van der Waals surface area contributed by atoms with Gasteiger partial charge in [-0.1, -0.05) is 18.2 Å². The van der Waals surface area contributed by atoms with E-state index < -0.39 is 16.1 Å². The SMILES string of the molecule is O=C1SC(=Cc2ccc(O)c(Br)c2)C(=O)N1Cc1cccc([N+](=O)[O-])c1. The number of carbonyl (C=O) groups excluding carboxylic acids is 2. The zero-order valence-corrected chi connectivity index (χ0v) is 15.5. The topological polar surface area (TPSA) is 101 Å². The number of thioether (sulfide) groups is 1. The van der Waals surface area contributed by atoms with E-state index in [1.54, 1.807) is 24.3 Å². The molecule has 2 amide bonds. The summed E-state index contributed by atoms with van der Waals surface area (Å²) in [6, 6.07) is 10.5. The first-order valence-corrected chi connectivity index (χ1v) is 8.93. The number of rotatable bonds is 4. The number of halogens is 1. The number of nitrogens with zero attached hydrogens (tertiary/aromatic N) is 2. The van der Waals surface area contributed by atoms with Gasteiger partial charge >= 0.3 is 0 Å². The molecule has 132 valence electrons. The third-order valence-corrected chi connectivity index (χ3v) is 5.15. The van der Waals surface area contributed by atoms with Crippen molar-refractivity contribution >= 4 is 50.6 Å². The summed E-state index contributed by atoms with van der Waals surface area (Å²) in [5.41, 5.74) is 1.05. The van der Waals surface area contributed by atoms with Crippen LogP contribution < -0.4 is 0 Å². The van der Waals surface area contributed by atoms with Crippen LogP contribution in [-0.4, -0.2) is 26.1 Å². The van der Waals surface area contributed by atoms with Gasteiger partial charge in [-0.05, 0) is 57.0 Å². The Morgan fingerprint density at radius 1 is 1.23 bits per heavy atom. The molecule has 0 saturated carbocycles. The van der Waals surface area contributed by atoms with E-state index in [0.29, 0.717) is 15.6 Å². The highest BCUT2D eigenvalue weighted by molar-refractivity contribution is 9.10. The fourth-order valence-electron chi connectivity index (χ4n) is 2.35. The summed E-state index contributed by atoms with van der Waals surface area (Å²) in [6.07, 6.45) is 1.56. The van der Waals surface area contributed by atoms with Crippen LogP contribution in [0.15, 0.2) is 51.8 Å². The molecule has 0 unspecified atom stereocenters. The monoisotopic (exact) mass is 434 g/mol. The van der Waals surface area contributed by atoms with Crippen LogP contribution in [0.4, 0.5) is 10.5 Å². The maximum atomic E-state index is 12.5. The van der Waals surface area contributed by atoms with Gasteiger partial charge in [-0.3, -0.25) is 24.6 Å². The van der Waals surface area contributed by atoms with Gasteiger partial charge < -0.3 is 5.11 Å². The predicted molar refractivity (Wildman–Crippen MR) is 100 cm³/mol. The fourth-order valence-corrected chi connectivity index (χ4v) is 3.59. The highest BCUT2D eigenvalue weighted by Crippen LogP contribution is 2.34. The van der Waals surface area contributed by atoms with Crippen LogP contribution in [0.2, 0.25) is 0 Å². The van der Waals surface area contributed by atoms with Crippen molar-refractivity contribution < 1.29 is 19.6 Å². The summed E-state index contributed by atoms with van der Waals surface area (Å²) in [6.45, 7) is -0.0387. The molecule has 1 aliphatic heterocycles. The number of nitro groups is 1. The van der Waals surface area contributed by atoms with Gasteiger partial charge in [0.1, 0.15) is 5.75 Å². The van der Waals surface area contributed by atoms with Gasteiger partial charge in [0.25, 0.3) is 16.8 Å². The molecule has 0 radical (unpaired) electrons. The van der Waals surface area contributed by atoms with Crippen molar-refractivity contribution in [1.82, 2.24) is 4.90 Å². The number of phenolic OH excluding ortho intramolecular Hbond substituents is 1. The third kappa shape index (κ3) is 3.78. The largest absolute Gasteiger partial charge is 0.507 e. The molecule has 3 rings (SSSR count). The molecule has 0 spiro atoms. The molecule has 0 bridgehead atoms. The summed E-state index contributed by atoms with van der Waals surface area (Å²) in [5, 5.41) is 19.9. The van der Waals surface area contributed by atoms with E-state index in [2.05, 4.69) is 15.9 Å². The molecular weight excluding hydrogens is 424 g/mol. The second-order valence-corrected chi connectivity index (χ2v) is 7.25. The summed E-state index contributed by atoms with van der Waals surface area (Å²) in [4.78, 5) is 36.3.